The van der Waals surface area contributed by atoms with Gasteiger partial charge in [0.15, 0.2) is 23.1 Å². The number of nitrogens with one attached hydrogen (secondary N) is 1. The van der Waals surface area contributed by atoms with Crippen LogP contribution in [0, 0.1) is 41.6 Å². The van der Waals surface area contributed by atoms with E-state index in [1.807, 2.05) is 13.0 Å². The van der Waals surface area contributed by atoms with Gasteiger partial charge in [0.25, 0.3) is 0 Å². The SMILES string of the molecule is Cc1cc(N2C[C@H]3C(Nc4nc5c(-c6ccc(F)c(F)c6F)cccn5n4)[C@@H]4CCCC43C2)ncn1. The lowest BCUT2D eigenvalue weighted by Gasteiger charge is -2.54. The summed E-state index contributed by atoms with van der Waals surface area (Å²) in [5, 5.41) is 8.15. The van der Waals surface area contributed by atoms with Crippen LogP contribution in [-0.4, -0.2) is 43.7 Å². The minimum atomic E-state index is -1.50. The quantitative estimate of drug-likeness (QED) is 0.420. The molecular formula is C26H24F3N7. The van der Waals surface area contributed by atoms with Crippen LogP contribution in [0.4, 0.5) is 24.9 Å². The predicted molar refractivity (Wildman–Crippen MR) is 128 cm³/mol. The first-order valence-electron chi connectivity index (χ1n) is 12.2. The Bertz CT molecular complexity index is 1500. The number of aromatic nitrogens is 5. The van der Waals surface area contributed by atoms with Crippen LogP contribution in [0.15, 0.2) is 42.9 Å². The molecule has 184 valence electrons. The summed E-state index contributed by atoms with van der Waals surface area (Å²) >= 11 is 0. The van der Waals surface area contributed by atoms with Gasteiger partial charge in [-0.05, 0) is 55.4 Å². The zero-order chi connectivity index (χ0) is 24.6. The van der Waals surface area contributed by atoms with E-state index in [4.69, 9.17) is 0 Å². The van der Waals surface area contributed by atoms with Gasteiger partial charge in [0.05, 0.1) is 0 Å². The van der Waals surface area contributed by atoms with Gasteiger partial charge in [-0.1, -0.05) is 6.42 Å². The summed E-state index contributed by atoms with van der Waals surface area (Å²) in [5.41, 5.74) is 1.91. The number of anilines is 2. The highest BCUT2D eigenvalue weighted by Crippen LogP contribution is 2.65. The lowest BCUT2D eigenvalue weighted by atomic mass is 9.53. The van der Waals surface area contributed by atoms with Gasteiger partial charge >= 0.3 is 0 Å². The van der Waals surface area contributed by atoms with Crippen LogP contribution in [0.5, 0.6) is 0 Å². The van der Waals surface area contributed by atoms with Crippen LogP contribution in [0.3, 0.4) is 0 Å². The minimum Gasteiger partial charge on any atom is -0.356 e. The number of pyridine rings is 1. The molecule has 0 bridgehead atoms. The number of hydrogen-bond acceptors (Lipinski definition) is 6. The molecule has 1 spiro atoms. The summed E-state index contributed by atoms with van der Waals surface area (Å²) in [7, 11) is 0. The lowest BCUT2D eigenvalue weighted by molar-refractivity contribution is 0.00293. The fourth-order valence-electron chi connectivity index (χ4n) is 6.96. The zero-order valence-corrected chi connectivity index (χ0v) is 19.6. The molecule has 3 aromatic heterocycles. The lowest BCUT2D eigenvalue weighted by Crippen LogP contribution is -2.60. The largest absolute Gasteiger partial charge is 0.356 e. The van der Waals surface area contributed by atoms with E-state index in [9.17, 15) is 13.2 Å². The van der Waals surface area contributed by atoms with Gasteiger partial charge in [-0.25, -0.2) is 27.7 Å². The molecule has 36 heavy (non-hydrogen) atoms. The van der Waals surface area contributed by atoms with Crippen molar-refractivity contribution in [2.75, 3.05) is 23.3 Å². The Balaban J connectivity index is 1.19. The Hall–Kier alpha value is -3.69. The minimum absolute atomic E-state index is 0.0523. The van der Waals surface area contributed by atoms with Crippen LogP contribution in [0.25, 0.3) is 16.8 Å². The highest BCUT2D eigenvalue weighted by atomic mass is 19.2. The molecule has 3 aliphatic rings. The average Bonchev–Trinajstić information content (AvgIpc) is 3.55. The van der Waals surface area contributed by atoms with Crippen molar-refractivity contribution >= 4 is 17.4 Å². The standard InChI is InChI=1S/C26H24F3N7/c1-14-10-20(31-13-30-14)35-11-18-23(17-5-2-8-26(17,18)12-35)32-25-33-24-16(4-3-9-36(24)34-25)15-6-7-19(27)22(29)21(15)28/h3-4,6-7,9-10,13,17-18,23H,2,5,8,11-12H2,1H3,(H,32,34)/t17-,18-,23?,26?/m0/s1. The van der Waals surface area contributed by atoms with E-state index in [2.05, 4.69) is 30.3 Å². The van der Waals surface area contributed by atoms with Crippen molar-refractivity contribution in [1.29, 1.82) is 0 Å². The molecule has 1 saturated heterocycles. The Kier molecular flexibility index (Phi) is 4.59. The van der Waals surface area contributed by atoms with Gasteiger partial charge < -0.3 is 10.2 Å². The molecule has 1 aliphatic heterocycles. The zero-order valence-electron chi connectivity index (χ0n) is 19.6. The number of aryl methyl sites for hydroxylation is 1. The third-order valence-corrected chi connectivity index (χ3v) is 8.50. The topological polar surface area (TPSA) is 71.2 Å². The summed E-state index contributed by atoms with van der Waals surface area (Å²) < 4.78 is 43.5. The van der Waals surface area contributed by atoms with Gasteiger partial charge in [0, 0.05) is 54.1 Å². The Labute approximate surface area is 205 Å². The van der Waals surface area contributed by atoms with E-state index >= 15 is 0 Å². The van der Waals surface area contributed by atoms with Crippen molar-refractivity contribution < 1.29 is 13.2 Å². The molecule has 4 heterocycles. The number of rotatable bonds is 4. The van der Waals surface area contributed by atoms with E-state index in [-0.39, 0.29) is 17.0 Å². The van der Waals surface area contributed by atoms with Crippen molar-refractivity contribution in [3.8, 4) is 11.1 Å². The number of halogens is 3. The van der Waals surface area contributed by atoms with Gasteiger partial charge in [-0.15, -0.1) is 5.10 Å². The van der Waals surface area contributed by atoms with Gasteiger partial charge in [0.2, 0.25) is 5.95 Å². The molecule has 10 heteroatoms. The van der Waals surface area contributed by atoms with Crippen LogP contribution < -0.4 is 10.2 Å². The second-order valence-corrected chi connectivity index (χ2v) is 10.3. The van der Waals surface area contributed by atoms with E-state index in [1.54, 1.807) is 29.2 Å². The predicted octanol–water partition coefficient (Wildman–Crippen LogP) is 4.63. The molecule has 2 unspecified atom stereocenters. The Morgan fingerprint density at radius 1 is 1.06 bits per heavy atom. The first-order chi connectivity index (χ1) is 17.4. The number of hydrogen-bond donors (Lipinski definition) is 1. The maximum atomic E-state index is 14.5. The van der Waals surface area contributed by atoms with Crippen molar-refractivity contribution in [2.24, 2.45) is 17.3 Å². The molecule has 7 nitrogen and oxygen atoms in total. The Morgan fingerprint density at radius 3 is 2.81 bits per heavy atom. The highest BCUT2D eigenvalue weighted by molar-refractivity contribution is 5.78. The first kappa shape index (κ1) is 21.6. The second-order valence-electron chi connectivity index (χ2n) is 10.3. The molecule has 4 aromatic rings. The molecule has 2 aliphatic carbocycles. The molecule has 4 atom stereocenters. The van der Waals surface area contributed by atoms with Gasteiger partial charge in [-0.3, -0.25) is 0 Å². The molecule has 3 fully saturated rings. The summed E-state index contributed by atoms with van der Waals surface area (Å²) in [6, 6.07) is 7.73. The van der Waals surface area contributed by atoms with E-state index < -0.39 is 17.5 Å². The monoisotopic (exact) mass is 491 g/mol. The Morgan fingerprint density at radius 2 is 1.94 bits per heavy atom. The molecular weight excluding hydrogens is 467 g/mol. The normalized spacial score (nSPS) is 26.7. The highest BCUT2D eigenvalue weighted by Gasteiger charge is 2.67. The smallest absolute Gasteiger partial charge is 0.243 e. The van der Waals surface area contributed by atoms with E-state index in [0.717, 1.165) is 37.1 Å². The maximum Gasteiger partial charge on any atom is 0.243 e. The fraction of sp³-hybridized carbons (Fsp3) is 0.385. The summed E-state index contributed by atoms with van der Waals surface area (Å²) in [6.45, 7) is 3.88. The van der Waals surface area contributed by atoms with Crippen LogP contribution >= 0.6 is 0 Å². The van der Waals surface area contributed by atoms with Crippen molar-refractivity contribution in [2.45, 2.75) is 32.2 Å². The molecule has 1 N–H and O–H groups in total. The van der Waals surface area contributed by atoms with Crippen LogP contribution in [0.1, 0.15) is 25.0 Å². The number of nitrogens with zero attached hydrogens (tertiary/aromatic N) is 6. The van der Waals surface area contributed by atoms with Crippen LogP contribution in [-0.2, 0) is 0 Å². The molecule has 1 aromatic carbocycles. The van der Waals surface area contributed by atoms with E-state index in [0.29, 0.717) is 29.0 Å². The summed E-state index contributed by atoms with van der Waals surface area (Å²) in [5.74, 6) is -1.57. The van der Waals surface area contributed by atoms with Gasteiger partial charge in [-0.2, -0.15) is 4.98 Å². The average molecular weight is 492 g/mol. The second kappa shape index (κ2) is 7.65. The summed E-state index contributed by atoms with van der Waals surface area (Å²) in [6.07, 6.45) is 6.90. The van der Waals surface area contributed by atoms with Crippen molar-refractivity contribution in [1.82, 2.24) is 24.6 Å². The van der Waals surface area contributed by atoms with Crippen molar-refractivity contribution in [3.05, 3.63) is 66.0 Å². The van der Waals surface area contributed by atoms with Gasteiger partial charge in [0.1, 0.15) is 12.1 Å². The molecule has 0 amide bonds. The third-order valence-electron chi connectivity index (χ3n) is 8.50. The molecule has 7 rings (SSSR count). The fourth-order valence-corrected chi connectivity index (χ4v) is 6.96. The molecule has 0 radical (unpaired) electrons. The van der Waals surface area contributed by atoms with Crippen LogP contribution in [0.2, 0.25) is 0 Å². The first-order valence-corrected chi connectivity index (χ1v) is 12.2. The third kappa shape index (κ3) is 2.99. The maximum absolute atomic E-state index is 14.5. The summed E-state index contributed by atoms with van der Waals surface area (Å²) in [4.78, 5) is 15.8. The molecule has 2 saturated carbocycles. The van der Waals surface area contributed by atoms with E-state index in [1.165, 1.54) is 18.9 Å². The van der Waals surface area contributed by atoms with Crippen molar-refractivity contribution in [3.63, 3.8) is 0 Å². The number of benzene rings is 1. The number of fused-ring (bicyclic) bond motifs is 1.